The van der Waals surface area contributed by atoms with Crippen molar-refractivity contribution in [3.8, 4) is 11.4 Å². The molecule has 0 unspecified atom stereocenters. The fraction of sp³-hybridized carbons (Fsp3) is 0.371. The maximum atomic E-state index is 12.8. The molecule has 47 heavy (non-hydrogen) atoms. The van der Waals surface area contributed by atoms with Gasteiger partial charge >= 0.3 is 5.69 Å². The largest absolute Gasteiger partial charge is 0.491 e. The van der Waals surface area contributed by atoms with Gasteiger partial charge in [0.05, 0.1) is 25.1 Å². The van der Waals surface area contributed by atoms with Gasteiger partial charge in [-0.15, -0.1) is 0 Å². The highest BCUT2D eigenvalue weighted by Crippen LogP contribution is 2.34. The monoisotopic (exact) mass is 638 g/mol. The SMILES string of the molecule is N=C/C=N\NC[C@@]1(c2ccccc2)OC[C@@H](COc2ccc(NCCNc3ccc(-n4cnn(CC5CCCC5)c4=O)cc3)cc2)O1. The van der Waals surface area contributed by atoms with Gasteiger partial charge in [0, 0.05) is 42.8 Å². The topological polar surface area (TPSA) is 140 Å². The van der Waals surface area contributed by atoms with E-state index in [-0.39, 0.29) is 11.8 Å². The zero-order valence-electron chi connectivity index (χ0n) is 26.4. The van der Waals surface area contributed by atoms with Crippen LogP contribution in [0.25, 0.3) is 5.69 Å². The Balaban J connectivity index is 0.925. The van der Waals surface area contributed by atoms with Gasteiger partial charge in [-0.05, 0) is 67.3 Å². The van der Waals surface area contributed by atoms with Gasteiger partial charge in [-0.1, -0.05) is 43.2 Å². The first-order chi connectivity index (χ1) is 23.1. The third-order valence-electron chi connectivity index (χ3n) is 8.48. The van der Waals surface area contributed by atoms with Crippen LogP contribution in [0.2, 0.25) is 0 Å². The number of benzene rings is 3. The molecule has 1 saturated heterocycles. The van der Waals surface area contributed by atoms with E-state index in [9.17, 15) is 4.79 Å². The molecule has 246 valence electrons. The normalized spacial score (nSPS) is 19.6. The number of nitrogens with one attached hydrogen (secondary N) is 4. The zero-order chi connectivity index (χ0) is 32.3. The van der Waals surface area contributed by atoms with Gasteiger partial charge in [0.1, 0.15) is 24.8 Å². The molecule has 0 amide bonds. The van der Waals surface area contributed by atoms with E-state index in [1.807, 2.05) is 78.9 Å². The van der Waals surface area contributed by atoms with Crippen molar-refractivity contribution in [2.24, 2.45) is 11.0 Å². The van der Waals surface area contributed by atoms with E-state index in [1.165, 1.54) is 31.9 Å². The highest BCUT2D eigenvalue weighted by Gasteiger charge is 2.43. The van der Waals surface area contributed by atoms with E-state index in [1.54, 1.807) is 15.6 Å². The fourth-order valence-corrected chi connectivity index (χ4v) is 6.01. The van der Waals surface area contributed by atoms with Crippen LogP contribution in [0.5, 0.6) is 5.75 Å². The van der Waals surface area contributed by atoms with E-state index in [4.69, 9.17) is 19.6 Å². The molecule has 12 heteroatoms. The first kappa shape index (κ1) is 32.0. The Hall–Kier alpha value is -4.94. The summed E-state index contributed by atoms with van der Waals surface area (Å²) < 4.78 is 21.7. The third kappa shape index (κ3) is 8.27. The van der Waals surface area contributed by atoms with Crippen LogP contribution < -0.4 is 26.5 Å². The summed E-state index contributed by atoms with van der Waals surface area (Å²) in [6.45, 7) is 3.17. The Bertz CT molecular complexity index is 1650. The Kier molecular flexibility index (Phi) is 10.6. The summed E-state index contributed by atoms with van der Waals surface area (Å²) in [5.41, 5.74) is 6.50. The molecule has 12 nitrogen and oxygen atoms in total. The third-order valence-corrected chi connectivity index (χ3v) is 8.48. The highest BCUT2D eigenvalue weighted by molar-refractivity contribution is 6.14. The maximum absolute atomic E-state index is 12.8. The first-order valence-electron chi connectivity index (χ1n) is 16.2. The van der Waals surface area contributed by atoms with Gasteiger partial charge < -0.3 is 35.7 Å². The Morgan fingerprint density at radius 2 is 1.68 bits per heavy atom. The number of hydrogen-bond acceptors (Lipinski definition) is 10. The Labute approximate surface area is 274 Å². The molecular weight excluding hydrogens is 596 g/mol. The van der Waals surface area contributed by atoms with E-state index in [0.717, 1.165) is 47.7 Å². The standard InChI is InChI=1S/C35H42N8O4/c36-18-19-39-40-25-35(28-8-2-1-3-9-28)46-24-33(47-35)23-45-32-16-12-30(13-17-32)38-21-20-37-29-10-14-31(15-11-29)42-26-41-43(34(42)44)22-27-6-4-5-7-27/h1-3,8-19,26-27,33,36-38,40H,4-7,20-25H2/b36-18?,39-19-/t33-,35-/m1/s1. The molecule has 4 N–H and O–H groups in total. The summed E-state index contributed by atoms with van der Waals surface area (Å²) in [5.74, 6) is 0.314. The molecule has 1 saturated carbocycles. The minimum absolute atomic E-state index is 0.0839. The molecule has 4 aromatic rings. The average molecular weight is 639 g/mol. The first-order valence-corrected chi connectivity index (χ1v) is 16.2. The molecule has 0 radical (unpaired) electrons. The summed E-state index contributed by atoms with van der Waals surface area (Å²) >= 11 is 0. The van der Waals surface area contributed by atoms with Gasteiger partial charge in [0.25, 0.3) is 0 Å². The molecule has 2 atom stereocenters. The number of nitrogens with zero attached hydrogens (tertiary/aromatic N) is 4. The van der Waals surface area contributed by atoms with Crippen LogP contribution in [-0.2, 0) is 21.8 Å². The Morgan fingerprint density at radius 3 is 2.38 bits per heavy atom. The lowest BCUT2D eigenvalue weighted by Crippen LogP contribution is -2.38. The molecule has 1 aromatic heterocycles. The molecule has 6 rings (SSSR count). The summed E-state index contributed by atoms with van der Waals surface area (Å²) in [7, 11) is 0. The molecule has 2 aliphatic rings. The van der Waals surface area contributed by atoms with Crippen molar-refractivity contribution in [3.63, 3.8) is 0 Å². The lowest BCUT2D eigenvalue weighted by atomic mass is 10.1. The van der Waals surface area contributed by atoms with Crippen molar-refractivity contribution in [2.75, 3.05) is 43.5 Å². The van der Waals surface area contributed by atoms with Crippen LogP contribution in [0, 0.1) is 11.3 Å². The predicted octanol–water partition coefficient (Wildman–Crippen LogP) is 4.62. The van der Waals surface area contributed by atoms with Crippen LogP contribution in [0.3, 0.4) is 0 Å². The summed E-state index contributed by atoms with van der Waals surface area (Å²) in [6.07, 6.45) is 8.69. The number of rotatable bonds is 16. The van der Waals surface area contributed by atoms with Crippen LogP contribution in [0.1, 0.15) is 31.2 Å². The van der Waals surface area contributed by atoms with Crippen molar-refractivity contribution >= 4 is 23.8 Å². The summed E-state index contributed by atoms with van der Waals surface area (Å²) in [6, 6.07) is 25.4. The van der Waals surface area contributed by atoms with Crippen molar-refractivity contribution in [2.45, 2.75) is 44.1 Å². The van der Waals surface area contributed by atoms with Crippen molar-refractivity contribution in [3.05, 3.63) is 101 Å². The van der Waals surface area contributed by atoms with E-state index < -0.39 is 5.79 Å². The number of ether oxygens (including phenoxy) is 3. The predicted molar refractivity (Wildman–Crippen MR) is 183 cm³/mol. The van der Waals surface area contributed by atoms with Crippen molar-refractivity contribution in [1.82, 2.24) is 19.8 Å². The lowest BCUT2D eigenvalue weighted by molar-refractivity contribution is -0.175. The minimum Gasteiger partial charge on any atom is -0.491 e. The molecule has 0 bridgehead atoms. The number of aromatic nitrogens is 3. The molecule has 2 heterocycles. The molecule has 3 aromatic carbocycles. The molecule has 2 fully saturated rings. The molecule has 1 aliphatic carbocycles. The summed E-state index contributed by atoms with van der Waals surface area (Å²) in [5, 5.41) is 22.3. The fourth-order valence-electron chi connectivity index (χ4n) is 6.01. The number of anilines is 2. The highest BCUT2D eigenvalue weighted by atomic mass is 16.8. The average Bonchev–Trinajstić information content (AvgIpc) is 3.87. The van der Waals surface area contributed by atoms with Crippen molar-refractivity contribution < 1.29 is 14.2 Å². The molecular formula is C35H42N8O4. The second kappa shape index (κ2) is 15.6. The van der Waals surface area contributed by atoms with Gasteiger partial charge in [0.15, 0.2) is 0 Å². The van der Waals surface area contributed by atoms with Gasteiger partial charge in [0.2, 0.25) is 5.79 Å². The van der Waals surface area contributed by atoms with Gasteiger partial charge in [-0.3, -0.25) is 0 Å². The molecule has 1 aliphatic heterocycles. The van der Waals surface area contributed by atoms with E-state index >= 15 is 0 Å². The second-order valence-electron chi connectivity index (χ2n) is 11.8. The lowest BCUT2D eigenvalue weighted by Gasteiger charge is -2.28. The van der Waals surface area contributed by atoms with E-state index in [2.05, 4.69) is 26.3 Å². The van der Waals surface area contributed by atoms with Gasteiger partial charge in [-0.2, -0.15) is 10.2 Å². The van der Waals surface area contributed by atoms with E-state index in [0.29, 0.717) is 32.2 Å². The van der Waals surface area contributed by atoms with Crippen LogP contribution in [0.15, 0.2) is 95.1 Å². The molecule has 0 spiro atoms. The Morgan fingerprint density at radius 1 is 0.979 bits per heavy atom. The van der Waals surface area contributed by atoms with Crippen LogP contribution in [0.4, 0.5) is 11.4 Å². The van der Waals surface area contributed by atoms with Gasteiger partial charge in [-0.25, -0.2) is 14.0 Å². The van der Waals surface area contributed by atoms with Crippen LogP contribution >= 0.6 is 0 Å². The number of hydrogen-bond donors (Lipinski definition) is 4. The quantitative estimate of drug-likeness (QED) is 0.0792. The summed E-state index contributed by atoms with van der Waals surface area (Å²) in [4.78, 5) is 12.8. The van der Waals surface area contributed by atoms with Crippen molar-refractivity contribution in [1.29, 1.82) is 5.41 Å². The van der Waals surface area contributed by atoms with Crippen LogP contribution in [-0.4, -0.2) is 65.7 Å². The maximum Gasteiger partial charge on any atom is 0.350 e. The second-order valence-corrected chi connectivity index (χ2v) is 11.8. The zero-order valence-corrected chi connectivity index (χ0v) is 26.4. The smallest absolute Gasteiger partial charge is 0.350 e. The minimum atomic E-state index is -0.990. The number of hydrazone groups is 1.